The van der Waals surface area contributed by atoms with Crippen molar-refractivity contribution in [3.8, 4) is 23.0 Å². The van der Waals surface area contributed by atoms with Crippen LogP contribution in [0.1, 0.15) is 28.9 Å². The van der Waals surface area contributed by atoms with Gasteiger partial charge in [-0.25, -0.2) is 4.79 Å². The summed E-state index contributed by atoms with van der Waals surface area (Å²) in [7, 11) is 5.94. The first kappa shape index (κ1) is 21.9. The first-order valence-corrected chi connectivity index (χ1v) is 8.83. The third kappa shape index (κ3) is 5.54. The van der Waals surface area contributed by atoms with E-state index in [1.807, 2.05) is 31.2 Å². The van der Waals surface area contributed by atoms with E-state index < -0.39 is 18.5 Å². The van der Waals surface area contributed by atoms with Crippen LogP contribution in [-0.2, 0) is 9.53 Å². The lowest BCUT2D eigenvalue weighted by Gasteiger charge is -2.15. The average molecular weight is 403 g/mol. The Kier molecular flexibility index (Phi) is 7.70. The number of carbonyl (C=O) groups is 2. The molecule has 0 fully saturated rings. The lowest BCUT2D eigenvalue weighted by molar-refractivity contribution is -0.124. The van der Waals surface area contributed by atoms with E-state index in [9.17, 15) is 9.59 Å². The van der Waals surface area contributed by atoms with Gasteiger partial charge in [-0.3, -0.25) is 4.79 Å². The van der Waals surface area contributed by atoms with Crippen molar-refractivity contribution in [3.05, 3.63) is 47.5 Å². The van der Waals surface area contributed by atoms with E-state index in [1.165, 1.54) is 33.5 Å². The molecule has 0 aliphatic heterocycles. The fourth-order valence-corrected chi connectivity index (χ4v) is 2.67. The van der Waals surface area contributed by atoms with Crippen molar-refractivity contribution in [1.29, 1.82) is 0 Å². The molecule has 0 radical (unpaired) electrons. The van der Waals surface area contributed by atoms with Crippen LogP contribution in [0.5, 0.6) is 23.0 Å². The van der Waals surface area contributed by atoms with Crippen molar-refractivity contribution in [2.75, 3.05) is 35.0 Å². The summed E-state index contributed by atoms with van der Waals surface area (Å²) in [6.45, 7) is 1.41. The molecule has 1 amide bonds. The summed E-state index contributed by atoms with van der Waals surface area (Å²) in [4.78, 5) is 24.5. The van der Waals surface area contributed by atoms with E-state index in [-0.39, 0.29) is 11.6 Å². The second-order valence-electron chi connectivity index (χ2n) is 6.05. The molecule has 0 saturated heterocycles. The van der Waals surface area contributed by atoms with Crippen LogP contribution in [0.2, 0.25) is 0 Å². The van der Waals surface area contributed by atoms with E-state index in [0.717, 1.165) is 11.3 Å². The van der Waals surface area contributed by atoms with E-state index in [0.29, 0.717) is 17.2 Å². The fraction of sp³-hybridized carbons (Fsp3) is 0.333. The first-order chi connectivity index (χ1) is 13.9. The number of nitrogens with one attached hydrogen (secondary N) is 1. The summed E-state index contributed by atoms with van der Waals surface area (Å²) in [6.07, 6.45) is 0. The molecule has 0 bridgehead atoms. The fourth-order valence-electron chi connectivity index (χ4n) is 2.67. The third-order valence-electron chi connectivity index (χ3n) is 4.23. The van der Waals surface area contributed by atoms with Crippen LogP contribution in [0, 0.1) is 0 Å². The number of benzene rings is 2. The largest absolute Gasteiger partial charge is 0.497 e. The molecule has 8 nitrogen and oxygen atoms in total. The maximum absolute atomic E-state index is 12.3. The smallest absolute Gasteiger partial charge is 0.338 e. The van der Waals surface area contributed by atoms with Gasteiger partial charge in [-0.2, -0.15) is 0 Å². The molecule has 0 aliphatic rings. The number of hydrogen-bond acceptors (Lipinski definition) is 7. The quantitative estimate of drug-likeness (QED) is 0.644. The average Bonchev–Trinajstić information content (AvgIpc) is 2.76. The topological polar surface area (TPSA) is 92.3 Å². The Hall–Kier alpha value is -3.42. The van der Waals surface area contributed by atoms with Crippen LogP contribution in [0.4, 0.5) is 0 Å². The molecular formula is C21H25NO7. The molecule has 0 saturated carbocycles. The third-order valence-corrected chi connectivity index (χ3v) is 4.23. The summed E-state index contributed by atoms with van der Waals surface area (Å²) in [5.41, 5.74) is 1.07. The molecule has 0 heterocycles. The van der Waals surface area contributed by atoms with Gasteiger partial charge in [0.05, 0.1) is 40.0 Å². The van der Waals surface area contributed by atoms with Gasteiger partial charge < -0.3 is 29.0 Å². The molecule has 2 aromatic rings. The van der Waals surface area contributed by atoms with Gasteiger partial charge in [0.25, 0.3) is 5.91 Å². The summed E-state index contributed by atoms with van der Waals surface area (Å²) < 4.78 is 25.9. The van der Waals surface area contributed by atoms with Gasteiger partial charge in [0.1, 0.15) is 5.75 Å². The highest BCUT2D eigenvalue weighted by Crippen LogP contribution is 2.38. The van der Waals surface area contributed by atoms with Crippen molar-refractivity contribution in [2.45, 2.75) is 13.0 Å². The minimum Gasteiger partial charge on any atom is -0.497 e. The van der Waals surface area contributed by atoms with Crippen molar-refractivity contribution in [3.63, 3.8) is 0 Å². The summed E-state index contributed by atoms with van der Waals surface area (Å²) in [5.74, 6) is 0.613. The molecule has 0 aromatic heterocycles. The molecule has 0 aliphatic carbocycles. The molecule has 29 heavy (non-hydrogen) atoms. The van der Waals surface area contributed by atoms with Crippen molar-refractivity contribution in [2.24, 2.45) is 0 Å². The molecular weight excluding hydrogens is 378 g/mol. The van der Waals surface area contributed by atoms with Crippen LogP contribution in [-0.4, -0.2) is 46.9 Å². The minimum absolute atomic E-state index is 0.176. The predicted octanol–water partition coefficient (Wildman–Crippen LogP) is 2.76. The highest BCUT2D eigenvalue weighted by molar-refractivity contribution is 5.92. The predicted molar refractivity (Wildman–Crippen MR) is 106 cm³/mol. The number of carbonyl (C=O) groups excluding carboxylic acids is 2. The monoisotopic (exact) mass is 403 g/mol. The first-order valence-electron chi connectivity index (χ1n) is 8.83. The highest BCUT2D eigenvalue weighted by Gasteiger charge is 2.19. The normalized spacial score (nSPS) is 11.2. The summed E-state index contributed by atoms with van der Waals surface area (Å²) >= 11 is 0. The SMILES string of the molecule is COc1ccc([C@@H](C)NC(=O)COC(=O)c2cc(OC)c(OC)c(OC)c2)cc1. The van der Waals surface area contributed by atoms with E-state index in [4.69, 9.17) is 23.7 Å². The summed E-state index contributed by atoms with van der Waals surface area (Å²) in [5, 5.41) is 2.78. The lowest BCUT2D eigenvalue weighted by Crippen LogP contribution is -2.31. The Bertz CT molecular complexity index is 824. The zero-order chi connectivity index (χ0) is 21.4. The van der Waals surface area contributed by atoms with Gasteiger partial charge in [-0.15, -0.1) is 0 Å². The van der Waals surface area contributed by atoms with Crippen LogP contribution in [0.15, 0.2) is 36.4 Å². The van der Waals surface area contributed by atoms with E-state index >= 15 is 0 Å². The van der Waals surface area contributed by atoms with Crippen LogP contribution in [0.3, 0.4) is 0 Å². The second kappa shape index (κ2) is 10.2. The Morgan fingerprint density at radius 2 is 1.48 bits per heavy atom. The molecule has 1 N–H and O–H groups in total. The number of esters is 1. The number of methoxy groups -OCH3 is 4. The lowest BCUT2D eigenvalue weighted by atomic mass is 10.1. The van der Waals surface area contributed by atoms with Gasteiger partial charge in [-0.1, -0.05) is 12.1 Å². The number of hydrogen-bond donors (Lipinski definition) is 1. The molecule has 0 spiro atoms. The van der Waals surface area contributed by atoms with Gasteiger partial charge >= 0.3 is 5.97 Å². The standard InChI is InChI=1S/C21H25NO7/c1-13(14-6-8-16(25-2)9-7-14)22-19(23)12-29-21(24)15-10-17(26-3)20(28-5)18(11-15)27-4/h6-11,13H,12H2,1-5H3,(H,22,23)/t13-/m1/s1. The van der Waals surface area contributed by atoms with Crippen LogP contribution < -0.4 is 24.3 Å². The maximum atomic E-state index is 12.3. The molecule has 2 aromatic carbocycles. The Morgan fingerprint density at radius 1 is 0.897 bits per heavy atom. The minimum atomic E-state index is -0.684. The Labute approximate surface area is 169 Å². The van der Waals surface area contributed by atoms with Crippen LogP contribution >= 0.6 is 0 Å². The molecule has 0 unspecified atom stereocenters. The molecule has 8 heteroatoms. The highest BCUT2D eigenvalue weighted by atomic mass is 16.5. The van der Waals surface area contributed by atoms with E-state index in [2.05, 4.69) is 5.32 Å². The number of amides is 1. The van der Waals surface area contributed by atoms with Gasteiger partial charge in [0, 0.05) is 0 Å². The van der Waals surface area contributed by atoms with Crippen molar-refractivity contribution >= 4 is 11.9 Å². The molecule has 1 atom stereocenters. The van der Waals surface area contributed by atoms with Gasteiger partial charge in [0.15, 0.2) is 18.1 Å². The zero-order valence-corrected chi connectivity index (χ0v) is 17.1. The van der Waals surface area contributed by atoms with Gasteiger partial charge in [-0.05, 0) is 36.8 Å². The number of rotatable bonds is 9. The van der Waals surface area contributed by atoms with Crippen molar-refractivity contribution in [1.82, 2.24) is 5.32 Å². The van der Waals surface area contributed by atoms with Gasteiger partial charge in [0.2, 0.25) is 5.75 Å². The second-order valence-corrected chi connectivity index (χ2v) is 6.05. The molecule has 2 rings (SSSR count). The summed E-state index contributed by atoms with van der Waals surface area (Å²) in [6, 6.07) is 9.99. The van der Waals surface area contributed by atoms with Crippen LogP contribution in [0.25, 0.3) is 0 Å². The maximum Gasteiger partial charge on any atom is 0.338 e. The van der Waals surface area contributed by atoms with E-state index in [1.54, 1.807) is 7.11 Å². The Morgan fingerprint density at radius 3 is 1.97 bits per heavy atom. The Balaban J connectivity index is 1.98. The van der Waals surface area contributed by atoms with Crippen molar-refractivity contribution < 1.29 is 33.3 Å². The zero-order valence-electron chi connectivity index (χ0n) is 17.1. The number of ether oxygens (including phenoxy) is 5. The molecule has 156 valence electrons.